The average Bonchev–Trinajstić information content (AvgIpc) is 3.15. The Morgan fingerprint density at radius 3 is 2.23 bits per heavy atom. The molecule has 3 N–H and O–H groups in total. The third-order valence-corrected chi connectivity index (χ3v) is 7.73. The first kappa shape index (κ1) is 25.1. The van der Waals surface area contributed by atoms with Gasteiger partial charge in [0.25, 0.3) is 0 Å². The highest BCUT2D eigenvalue weighted by Gasteiger charge is 2.35. The van der Waals surface area contributed by atoms with Crippen LogP contribution in [0, 0.1) is 11.8 Å². The van der Waals surface area contributed by atoms with Crippen LogP contribution in [-0.2, 0) is 14.3 Å². The zero-order valence-corrected chi connectivity index (χ0v) is 20.7. The van der Waals surface area contributed by atoms with E-state index in [1.807, 2.05) is 30.5 Å². The zero-order valence-electron chi connectivity index (χ0n) is 19.9. The average molecular weight is 497 g/mol. The number of amides is 2. The first-order valence-electron chi connectivity index (χ1n) is 12.1. The molecule has 2 aromatic rings. The van der Waals surface area contributed by atoms with Gasteiger partial charge >= 0.3 is 12.1 Å². The number of thioether (sulfide) groups is 1. The van der Waals surface area contributed by atoms with Crippen LogP contribution < -0.4 is 10.6 Å². The molecule has 1 fully saturated rings. The Balaban J connectivity index is 1.34. The first-order valence-corrected chi connectivity index (χ1v) is 13.5. The molecule has 4 rings (SSSR count). The van der Waals surface area contributed by atoms with Crippen molar-refractivity contribution in [3.05, 3.63) is 59.7 Å². The van der Waals surface area contributed by atoms with Gasteiger partial charge in [0.05, 0.1) is 5.92 Å². The third-order valence-electron chi connectivity index (χ3n) is 7.09. The highest BCUT2D eigenvalue weighted by atomic mass is 32.2. The molecule has 0 heterocycles. The summed E-state index contributed by atoms with van der Waals surface area (Å²) >= 11 is 1.54. The Labute approximate surface area is 210 Å². The van der Waals surface area contributed by atoms with Crippen molar-refractivity contribution in [2.45, 2.75) is 37.6 Å². The summed E-state index contributed by atoms with van der Waals surface area (Å²) in [6.07, 6.45) is 4.52. The number of alkyl carbamates (subject to hydrolysis) is 1. The Morgan fingerprint density at radius 2 is 1.69 bits per heavy atom. The van der Waals surface area contributed by atoms with Crippen molar-refractivity contribution in [1.29, 1.82) is 0 Å². The number of aliphatic carboxylic acids is 1. The van der Waals surface area contributed by atoms with Gasteiger partial charge in [-0.15, -0.1) is 0 Å². The molecule has 0 spiro atoms. The minimum Gasteiger partial charge on any atom is -0.480 e. The number of carbonyl (C=O) groups is 3. The quantitative estimate of drug-likeness (QED) is 0.429. The van der Waals surface area contributed by atoms with E-state index in [9.17, 15) is 19.5 Å². The van der Waals surface area contributed by atoms with Gasteiger partial charge in [-0.05, 0) is 59.4 Å². The number of carboxylic acid groups (broad SMARTS) is 1. The number of hydrogen-bond donors (Lipinski definition) is 3. The number of carbonyl (C=O) groups excluding carboxylic acids is 2. The van der Waals surface area contributed by atoms with E-state index in [1.54, 1.807) is 0 Å². The van der Waals surface area contributed by atoms with Crippen LogP contribution in [-0.4, -0.2) is 54.3 Å². The summed E-state index contributed by atoms with van der Waals surface area (Å²) in [4.78, 5) is 37.1. The van der Waals surface area contributed by atoms with Crippen LogP contribution in [0.25, 0.3) is 11.1 Å². The summed E-state index contributed by atoms with van der Waals surface area (Å²) < 4.78 is 5.60. The monoisotopic (exact) mass is 496 g/mol. The molecule has 7 nitrogen and oxygen atoms in total. The fourth-order valence-electron chi connectivity index (χ4n) is 4.93. The molecule has 2 unspecified atom stereocenters. The summed E-state index contributed by atoms with van der Waals surface area (Å²) in [7, 11) is 0. The van der Waals surface area contributed by atoms with E-state index < -0.39 is 24.0 Å². The predicted octanol–water partition coefficient (Wildman–Crippen LogP) is 4.26. The van der Waals surface area contributed by atoms with Crippen molar-refractivity contribution >= 4 is 29.7 Å². The maximum absolute atomic E-state index is 12.9. The van der Waals surface area contributed by atoms with E-state index in [2.05, 4.69) is 34.9 Å². The Morgan fingerprint density at radius 1 is 1.06 bits per heavy atom. The lowest BCUT2D eigenvalue weighted by Gasteiger charge is -2.33. The Kier molecular flexibility index (Phi) is 8.33. The van der Waals surface area contributed by atoms with Crippen molar-refractivity contribution in [3.63, 3.8) is 0 Å². The van der Waals surface area contributed by atoms with Gasteiger partial charge in [0.2, 0.25) is 5.91 Å². The van der Waals surface area contributed by atoms with Crippen LogP contribution >= 0.6 is 11.8 Å². The van der Waals surface area contributed by atoms with E-state index in [-0.39, 0.29) is 30.9 Å². The number of ether oxygens (including phenoxy) is 1. The number of carboxylic acids is 1. The molecule has 0 aliphatic heterocycles. The van der Waals surface area contributed by atoms with Crippen LogP contribution in [0.4, 0.5) is 4.79 Å². The molecule has 0 saturated heterocycles. The van der Waals surface area contributed by atoms with Gasteiger partial charge < -0.3 is 20.5 Å². The molecule has 2 aliphatic carbocycles. The summed E-state index contributed by atoms with van der Waals surface area (Å²) in [5, 5.41) is 14.9. The summed E-state index contributed by atoms with van der Waals surface area (Å²) in [6.45, 7) is 0.331. The fraction of sp³-hybridized carbons (Fsp3) is 0.444. The molecule has 2 atom stereocenters. The van der Waals surface area contributed by atoms with Crippen LogP contribution in [0.2, 0.25) is 0 Å². The number of rotatable bonds is 11. The van der Waals surface area contributed by atoms with Gasteiger partial charge in [-0.2, -0.15) is 11.8 Å². The zero-order chi connectivity index (χ0) is 24.8. The standard InChI is InChI=1S/C27H32N2O5S/c1-35-14-13-24(26(31)32)29-25(30)22(17-7-6-8-17)15-28-27(33)34-16-23-20-11-4-2-9-18(20)19-10-3-5-12-21(19)23/h2-5,9-12,17,22-24H,6-8,13-16H2,1H3,(H,28,33)(H,29,30)(H,31,32). The van der Waals surface area contributed by atoms with E-state index in [0.29, 0.717) is 12.2 Å². The Bertz CT molecular complexity index is 1030. The molecule has 186 valence electrons. The minimum absolute atomic E-state index is 0.0355. The van der Waals surface area contributed by atoms with Gasteiger partial charge in [-0.1, -0.05) is 55.0 Å². The molecule has 0 bridgehead atoms. The van der Waals surface area contributed by atoms with Crippen molar-refractivity contribution in [3.8, 4) is 11.1 Å². The number of nitrogens with one attached hydrogen (secondary N) is 2. The SMILES string of the molecule is CSCCC(NC(=O)C(CNC(=O)OCC1c2ccccc2-c2ccccc21)C1CCC1)C(=O)O. The number of fused-ring (bicyclic) bond motifs is 3. The third kappa shape index (κ3) is 5.81. The molecule has 2 aromatic carbocycles. The van der Waals surface area contributed by atoms with E-state index in [1.165, 1.54) is 11.8 Å². The normalized spacial score (nSPS) is 16.4. The summed E-state index contributed by atoms with van der Waals surface area (Å²) in [5.41, 5.74) is 4.60. The number of hydrogen-bond acceptors (Lipinski definition) is 5. The van der Waals surface area contributed by atoms with Crippen molar-refractivity contribution in [1.82, 2.24) is 10.6 Å². The minimum atomic E-state index is -1.04. The second-order valence-electron chi connectivity index (χ2n) is 9.18. The maximum atomic E-state index is 12.9. The summed E-state index contributed by atoms with van der Waals surface area (Å²) in [5.74, 6) is -1.08. The maximum Gasteiger partial charge on any atom is 0.407 e. The molecular formula is C27H32N2O5S. The van der Waals surface area contributed by atoms with E-state index in [4.69, 9.17) is 4.74 Å². The van der Waals surface area contributed by atoms with E-state index in [0.717, 1.165) is 41.5 Å². The lowest BCUT2D eigenvalue weighted by molar-refractivity contribution is -0.143. The fourth-order valence-corrected chi connectivity index (χ4v) is 5.40. The molecule has 1 saturated carbocycles. The Hall–Kier alpha value is -3.00. The van der Waals surface area contributed by atoms with Gasteiger partial charge in [0, 0.05) is 12.5 Å². The van der Waals surface area contributed by atoms with Crippen molar-refractivity contribution < 1.29 is 24.2 Å². The van der Waals surface area contributed by atoms with Crippen LogP contribution in [0.1, 0.15) is 42.7 Å². The lowest BCUT2D eigenvalue weighted by atomic mass is 9.75. The van der Waals surface area contributed by atoms with Crippen molar-refractivity contribution in [2.75, 3.05) is 25.2 Å². The van der Waals surface area contributed by atoms with E-state index >= 15 is 0 Å². The predicted molar refractivity (Wildman–Crippen MR) is 136 cm³/mol. The van der Waals surface area contributed by atoms with Gasteiger partial charge in [0.15, 0.2) is 0 Å². The van der Waals surface area contributed by atoms with Crippen LogP contribution in [0.15, 0.2) is 48.5 Å². The molecule has 2 aliphatic rings. The topological polar surface area (TPSA) is 105 Å². The smallest absolute Gasteiger partial charge is 0.407 e. The highest BCUT2D eigenvalue weighted by molar-refractivity contribution is 7.98. The molecular weight excluding hydrogens is 464 g/mol. The van der Waals surface area contributed by atoms with Crippen molar-refractivity contribution in [2.24, 2.45) is 11.8 Å². The molecule has 35 heavy (non-hydrogen) atoms. The van der Waals surface area contributed by atoms with Gasteiger partial charge in [-0.25, -0.2) is 9.59 Å². The lowest BCUT2D eigenvalue weighted by Crippen LogP contribution is -2.49. The van der Waals surface area contributed by atoms with Gasteiger partial charge in [0.1, 0.15) is 12.6 Å². The summed E-state index contributed by atoms with van der Waals surface area (Å²) in [6, 6.07) is 15.4. The molecule has 0 radical (unpaired) electrons. The first-order chi connectivity index (χ1) is 17.0. The largest absolute Gasteiger partial charge is 0.480 e. The number of benzene rings is 2. The highest BCUT2D eigenvalue weighted by Crippen LogP contribution is 2.44. The molecule has 2 amide bonds. The van der Waals surface area contributed by atoms with Crippen LogP contribution in [0.5, 0.6) is 0 Å². The second-order valence-corrected chi connectivity index (χ2v) is 10.2. The second kappa shape index (κ2) is 11.6. The van der Waals surface area contributed by atoms with Crippen LogP contribution in [0.3, 0.4) is 0 Å². The molecule has 8 heteroatoms. The van der Waals surface area contributed by atoms with Gasteiger partial charge in [-0.3, -0.25) is 4.79 Å². The molecule has 0 aromatic heterocycles.